The Morgan fingerprint density at radius 2 is 1.59 bits per heavy atom. The van der Waals surface area contributed by atoms with Crippen molar-refractivity contribution in [1.82, 2.24) is 0 Å². The fourth-order valence-electron chi connectivity index (χ4n) is 5.99. The third kappa shape index (κ3) is 4.14. The Hall–Kier alpha value is -2.69. The van der Waals surface area contributed by atoms with Crippen molar-refractivity contribution in [3.05, 3.63) is 112 Å². The third-order valence-corrected chi connectivity index (χ3v) is 10.3. The van der Waals surface area contributed by atoms with Crippen LogP contribution < -0.4 is 0 Å². The SMILES string of the molecule is Cc1ccc(-c2ccc(Cc3cc4c(cc3C3=[P+](C)CCCC3)CC3=C4C=CCC3)cc2)cc1. The lowest BCUT2D eigenvalue weighted by molar-refractivity contribution is 0.837. The zero-order valence-corrected chi connectivity index (χ0v) is 21.4. The molecule has 6 rings (SSSR count). The lowest BCUT2D eigenvalue weighted by Gasteiger charge is -2.17. The molecular formula is C33H34P+. The fraction of sp³-hybridized carbons (Fsp3) is 0.303. The molecule has 0 saturated carbocycles. The minimum Gasteiger partial charge on any atom is -0.0836 e. The van der Waals surface area contributed by atoms with Crippen LogP contribution in [0.5, 0.6) is 0 Å². The van der Waals surface area contributed by atoms with Gasteiger partial charge >= 0.3 is 0 Å². The van der Waals surface area contributed by atoms with Gasteiger partial charge < -0.3 is 0 Å². The van der Waals surface area contributed by atoms with Crippen molar-refractivity contribution in [1.29, 1.82) is 0 Å². The summed E-state index contributed by atoms with van der Waals surface area (Å²) in [6.45, 7) is 4.67. The van der Waals surface area contributed by atoms with E-state index < -0.39 is 0 Å². The average Bonchev–Trinajstić information content (AvgIpc) is 3.23. The van der Waals surface area contributed by atoms with Crippen LogP contribution in [0.3, 0.4) is 0 Å². The summed E-state index contributed by atoms with van der Waals surface area (Å²) in [4.78, 5) is 0. The molecule has 0 radical (unpaired) electrons. The summed E-state index contributed by atoms with van der Waals surface area (Å²) in [7, 11) is 0.00505. The predicted molar refractivity (Wildman–Crippen MR) is 151 cm³/mol. The maximum absolute atomic E-state index is 2.61. The number of hydrogen-bond acceptors (Lipinski definition) is 0. The smallest absolute Gasteiger partial charge is 0.0836 e. The molecule has 0 nitrogen and oxygen atoms in total. The molecular weight excluding hydrogens is 427 g/mol. The molecule has 0 saturated heterocycles. The predicted octanol–water partition coefficient (Wildman–Crippen LogP) is 8.73. The standard InChI is InChI=1S/C33H34P/c1-23-10-14-25(15-11-23)26-16-12-24(13-17-26)19-28-21-31-29(20-27-7-3-4-8-30(27)31)22-32(28)33-9-5-6-18-34(33)2/h4,8,10-17,21-22H,3,5-7,9,18-20H2,1-2H3/q+1. The van der Waals surface area contributed by atoms with E-state index in [4.69, 9.17) is 0 Å². The largest absolute Gasteiger partial charge is 0.128 e. The van der Waals surface area contributed by atoms with Gasteiger partial charge in [0.15, 0.2) is 0 Å². The number of rotatable bonds is 4. The van der Waals surface area contributed by atoms with Crippen LogP contribution in [-0.4, -0.2) is 18.1 Å². The van der Waals surface area contributed by atoms with Crippen LogP contribution in [0.4, 0.5) is 0 Å². The zero-order valence-electron chi connectivity index (χ0n) is 20.5. The molecule has 1 heterocycles. The van der Waals surface area contributed by atoms with E-state index >= 15 is 0 Å². The van der Waals surface area contributed by atoms with Crippen LogP contribution in [0.2, 0.25) is 0 Å². The molecule has 34 heavy (non-hydrogen) atoms. The van der Waals surface area contributed by atoms with Crippen LogP contribution in [0, 0.1) is 6.92 Å². The Labute approximate surface area is 205 Å². The molecule has 3 aromatic carbocycles. The van der Waals surface area contributed by atoms with Gasteiger partial charge in [0.25, 0.3) is 0 Å². The quantitative estimate of drug-likeness (QED) is 0.341. The molecule has 1 atom stereocenters. The highest BCUT2D eigenvalue weighted by Crippen LogP contribution is 2.42. The van der Waals surface area contributed by atoms with Crippen molar-refractivity contribution in [2.24, 2.45) is 0 Å². The first-order valence-corrected chi connectivity index (χ1v) is 14.9. The minimum absolute atomic E-state index is 0.00505. The highest BCUT2D eigenvalue weighted by atomic mass is 31.1. The zero-order chi connectivity index (χ0) is 23.1. The number of hydrogen-bond donors (Lipinski definition) is 0. The number of benzene rings is 3. The first-order chi connectivity index (χ1) is 16.7. The van der Waals surface area contributed by atoms with Gasteiger partial charge in [0.05, 0.1) is 14.2 Å². The lowest BCUT2D eigenvalue weighted by Crippen LogP contribution is -2.11. The summed E-state index contributed by atoms with van der Waals surface area (Å²) in [5.41, 5.74) is 14.7. The molecule has 0 fully saturated rings. The summed E-state index contributed by atoms with van der Waals surface area (Å²) in [5, 5.41) is 1.77. The van der Waals surface area contributed by atoms with Gasteiger partial charge in [-0.1, -0.05) is 71.8 Å². The van der Waals surface area contributed by atoms with Gasteiger partial charge in [-0.15, -0.1) is 0 Å². The second kappa shape index (κ2) is 9.16. The summed E-state index contributed by atoms with van der Waals surface area (Å²) in [5.74, 6) is 0. The van der Waals surface area contributed by atoms with Gasteiger partial charge in [0.1, 0.15) is 11.5 Å². The molecule has 3 aromatic rings. The van der Waals surface area contributed by atoms with Crippen molar-refractivity contribution < 1.29 is 0 Å². The summed E-state index contributed by atoms with van der Waals surface area (Å²) < 4.78 is 0. The maximum atomic E-state index is 2.61. The molecule has 1 unspecified atom stereocenters. The van der Waals surface area contributed by atoms with Gasteiger partial charge in [-0.05, 0) is 96.5 Å². The lowest BCUT2D eigenvalue weighted by atomic mass is 9.90. The van der Waals surface area contributed by atoms with E-state index in [1.54, 1.807) is 27.6 Å². The Morgan fingerprint density at radius 3 is 2.35 bits per heavy atom. The van der Waals surface area contributed by atoms with E-state index in [2.05, 4.69) is 86.4 Å². The molecule has 0 aromatic heterocycles. The van der Waals surface area contributed by atoms with Gasteiger partial charge in [-0.3, -0.25) is 0 Å². The topological polar surface area (TPSA) is 0 Å². The number of fused-ring (bicyclic) bond motifs is 2. The Balaban J connectivity index is 1.38. The first kappa shape index (κ1) is 21.8. The van der Waals surface area contributed by atoms with E-state index in [9.17, 15) is 0 Å². The molecule has 0 amide bonds. The summed E-state index contributed by atoms with van der Waals surface area (Å²) in [6.07, 6.45) is 14.9. The second-order valence-corrected chi connectivity index (χ2v) is 12.7. The van der Waals surface area contributed by atoms with E-state index in [1.165, 1.54) is 78.1 Å². The average molecular weight is 462 g/mol. The van der Waals surface area contributed by atoms with Crippen LogP contribution in [0.25, 0.3) is 16.7 Å². The van der Waals surface area contributed by atoms with Gasteiger partial charge in [0.2, 0.25) is 0 Å². The highest BCUT2D eigenvalue weighted by molar-refractivity contribution is 7.58. The Kier molecular flexibility index (Phi) is 5.88. The molecule has 0 spiro atoms. The molecule has 1 heteroatoms. The summed E-state index contributed by atoms with van der Waals surface area (Å²) in [6, 6.07) is 23.3. The fourth-order valence-corrected chi connectivity index (χ4v) is 8.12. The monoisotopic (exact) mass is 461 g/mol. The highest BCUT2D eigenvalue weighted by Gasteiger charge is 2.28. The van der Waals surface area contributed by atoms with Gasteiger partial charge in [-0.25, -0.2) is 0 Å². The normalized spacial score (nSPS) is 18.3. The van der Waals surface area contributed by atoms with Crippen molar-refractivity contribution in [2.45, 2.75) is 51.9 Å². The molecule has 0 bridgehead atoms. The van der Waals surface area contributed by atoms with Crippen LogP contribution in [0.15, 0.2) is 78.4 Å². The van der Waals surface area contributed by atoms with E-state index in [0.717, 1.165) is 6.42 Å². The Bertz CT molecular complexity index is 1330. The first-order valence-electron chi connectivity index (χ1n) is 12.9. The second-order valence-electron chi connectivity index (χ2n) is 10.4. The van der Waals surface area contributed by atoms with Crippen LogP contribution >= 0.6 is 7.55 Å². The number of allylic oxidation sites excluding steroid dienone is 4. The molecule has 2 aliphatic carbocycles. The van der Waals surface area contributed by atoms with Gasteiger partial charge in [0, 0.05) is 12.0 Å². The third-order valence-electron chi connectivity index (χ3n) is 7.96. The van der Waals surface area contributed by atoms with Crippen molar-refractivity contribution in [3.8, 4) is 11.1 Å². The molecule has 170 valence electrons. The van der Waals surface area contributed by atoms with Gasteiger partial charge in [-0.2, -0.15) is 0 Å². The van der Waals surface area contributed by atoms with Crippen molar-refractivity contribution in [3.63, 3.8) is 0 Å². The van der Waals surface area contributed by atoms with Crippen LogP contribution in [-0.2, 0) is 12.8 Å². The van der Waals surface area contributed by atoms with Crippen molar-refractivity contribution >= 4 is 18.4 Å². The minimum atomic E-state index is 0.00505. The van der Waals surface area contributed by atoms with Crippen LogP contribution in [0.1, 0.15) is 65.5 Å². The van der Waals surface area contributed by atoms with E-state index in [-0.39, 0.29) is 7.55 Å². The maximum Gasteiger partial charge on any atom is 0.128 e. The van der Waals surface area contributed by atoms with E-state index in [1.807, 2.05) is 0 Å². The summed E-state index contributed by atoms with van der Waals surface area (Å²) >= 11 is 0. The Morgan fingerprint density at radius 1 is 0.824 bits per heavy atom. The number of aryl methyl sites for hydroxylation is 1. The molecule has 0 N–H and O–H groups in total. The molecule has 1 aliphatic heterocycles. The van der Waals surface area contributed by atoms with E-state index in [0.29, 0.717) is 0 Å². The van der Waals surface area contributed by atoms with Crippen molar-refractivity contribution in [2.75, 3.05) is 12.8 Å². The molecule has 3 aliphatic rings.